The van der Waals surface area contributed by atoms with Gasteiger partial charge < -0.3 is 15.0 Å². The van der Waals surface area contributed by atoms with Gasteiger partial charge in [-0.15, -0.1) is 0 Å². The number of amides is 1. The molecule has 92 valence electrons. The van der Waals surface area contributed by atoms with Crippen LogP contribution in [0.1, 0.15) is 32.6 Å². The first-order valence-corrected chi connectivity index (χ1v) is 6.44. The first kappa shape index (κ1) is 11.9. The van der Waals surface area contributed by atoms with Gasteiger partial charge in [0.05, 0.1) is 13.2 Å². The molecule has 1 amide bonds. The number of hydrogen-bond acceptors (Lipinski definition) is 3. The van der Waals surface area contributed by atoms with Crippen molar-refractivity contribution in [1.82, 2.24) is 10.2 Å². The smallest absolute Gasteiger partial charge is 0.242 e. The molecule has 0 aromatic carbocycles. The fourth-order valence-electron chi connectivity index (χ4n) is 2.11. The van der Waals surface area contributed by atoms with Crippen LogP contribution in [0.25, 0.3) is 0 Å². The summed E-state index contributed by atoms with van der Waals surface area (Å²) < 4.78 is 5.35. The van der Waals surface area contributed by atoms with E-state index in [0.29, 0.717) is 12.6 Å². The second-order valence-electron chi connectivity index (χ2n) is 4.70. The number of rotatable bonds is 5. The lowest BCUT2D eigenvalue weighted by atomic mass is 10.2. The lowest BCUT2D eigenvalue weighted by Gasteiger charge is -2.30. The predicted molar refractivity (Wildman–Crippen MR) is 62.3 cm³/mol. The summed E-state index contributed by atoms with van der Waals surface area (Å²) in [5.41, 5.74) is 0. The Morgan fingerprint density at radius 1 is 1.50 bits per heavy atom. The van der Waals surface area contributed by atoms with Gasteiger partial charge >= 0.3 is 0 Å². The lowest BCUT2D eigenvalue weighted by molar-refractivity contribution is -0.137. The van der Waals surface area contributed by atoms with Gasteiger partial charge in [0.2, 0.25) is 5.91 Å². The molecule has 4 heteroatoms. The molecule has 0 radical (unpaired) electrons. The van der Waals surface area contributed by atoms with E-state index in [9.17, 15) is 4.79 Å². The van der Waals surface area contributed by atoms with Crippen molar-refractivity contribution in [3.8, 4) is 0 Å². The largest absolute Gasteiger partial charge is 0.378 e. The normalized spacial score (nSPS) is 25.4. The SMILES string of the molecule is CCCCN(C(=O)C1COCCN1)C1CC1. The molecule has 2 fully saturated rings. The van der Waals surface area contributed by atoms with Gasteiger partial charge in [-0.05, 0) is 19.3 Å². The van der Waals surface area contributed by atoms with Crippen molar-refractivity contribution in [2.24, 2.45) is 0 Å². The molecule has 1 saturated heterocycles. The zero-order valence-corrected chi connectivity index (χ0v) is 10.1. The molecule has 0 spiro atoms. The van der Waals surface area contributed by atoms with Crippen LogP contribution >= 0.6 is 0 Å². The number of carbonyl (C=O) groups is 1. The summed E-state index contributed by atoms with van der Waals surface area (Å²) >= 11 is 0. The van der Waals surface area contributed by atoms with E-state index < -0.39 is 0 Å². The van der Waals surface area contributed by atoms with Gasteiger partial charge in [-0.25, -0.2) is 0 Å². The quantitative estimate of drug-likeness (QED) is 0.752. The van der Waals surface area contributed by atoms with Crippen molar-refractivity contribution in [2.75, 3.05) is 26.3 Å². The molecule has 4 nitrogen and oxygen atoms in total. The van der Waals surface area contributed by atoms with Gasteiger partial charge in [-0.2, -0.15) is 0 Å². The average molecular weight is 226 g/mol. The molecule has 1 N–H and O–H groups in total. The van der Waals surface area contributed by atoms with Gasteiger partial charge in [0.25, 0.3) is 0 Å². The molecule has 2 rings (SSSR count). The minimum absolute atomic E-state index is 0.105. The monoisotopic (exact) mass is 226 g/mol. The standard InChI is InChI=1S/C12H22N2O2/c1-2-3-7-14(10-4-5-10)12(15)11-9-16-8-6-13-11/h10-11,13H,2-9H2,1H3. The second kappa shape index (κ2) is 5.64. The zero-order chi connectivity index (χ0) is 11.4. The number of ether oxygens (including phenoxy) is 1. The van der Waals surface area contributed by atoms with E-state index in [1.54, 1.807) is 0 Å². The molecule has 1 saturated carbocycles. The number of morpholine rings is 1. The van der Waals surface area contributed by atoms with Crippen LogP contribution in [0.2, 0.25) is 0 Å². The Hall–Kier alpha value is -0.610. The Labute approximate surface area is 97.3 Å². The molecule has 0 aromatic heterocycles. The van der Waals surface area contributed by atoms with Crippen molar-refractivity contribution in [2.45, 2.75) is 44.7 Å². The molecular weight excluding hydrogens is 204 g/mol. The molecule has 1 atom stereocenters. The minimum Gasteiger partial charge on any atom is -0.378 e. The minimum atomic E-state index is -0.105. The molecule has 1 heterocycles. The van der Waals surface area contributed by atoms with E-state index >= 15 is 0 Å². The van der Waals surface area contributed by atoms with E-state index in [1.165, 1.54) is 12.8 Å². The van der Waals surface area contributed by atoms with Crippen LogP contribution in [0.15, 0.2) is 0 Å². The third-order valence-electron chi connectivity index (χ3n) is 3.24. The topological polar surface area (TPSA) is 41.6 Å². The Morgan fingerprint density at radius 2 is 2.31 bits per heavy atom. The Kier molecular flexibility index (Phi) is 4.18. The highest BCUT2D eigenvalue weighted by Crippen LogP contribution is 2.27. The van der Waals surface area contributed by atoms with E-state index in [4.69, 9.17) is 4.74 Å². The predicted octanol–water partition coefficient (Wildman–Crippen LogP) is 0.766. The molecule has 16 heavy (non-hydrogen) atoms. The van der Waals surface area contributed by atoms with Crippen molar-refractivity contribution >= 4 is 5.91 Å². The summed E-state index contributed by atoms with van der Waals surface area (Å²) in [7, 11) is 0. The summed E-state index contributed by atoms with van der Waals surface area (Å²) in [5, 5.41) is 3.24. The van der Waals surface area contributed by atoms with Crippen LogP contribution in [0, 0.1) is 0 Å². The third-order valence-corrected chi connectivity index (χ3v) is 3.24. The van der Waals surface area contributed by atoms with Gasteiger partial charge in [0.1, 0.15) is 6.04 Å². The van der Waals surface area contributed by atoms with E-state index in [0.717, 1.165) is 32.5 Å². The average Bonchev–Trinajstić information content (AvgIpc) is 3.15. The fourth-order valence-corrected chi connectivity index (χ4v) is 2.11. The van der Waals surface area contributed by atoms with E-state index in [2.05, 4.69) is 17.1 Å². The molecule has 2 aliphatic rings. The van der Waals surface area contributed by atoms with Gasteiger partial charge in [0.15, 0.2) is 0 Å². The lowest BCUT2D eigenvalue weighted by Crippen LogP contribution is -2.53. The number of nitrogens with one attached hydrogen (secondary N) is 1. The fraction of sp³-hybridized carbons (Fsp3) is 0.917. The van der Waals surface area contributed by atoms with Crippen LogP contribution < -0.4 is 5.32 Å². The summed E-state index contributed by atoms with van der Waals surface area (Å²) in [6, 6.07) is 0.411. The van der Waals surface area contributed by atoms with E-state index in [1.807, 2.05) is 0 Å². The maximum atomic E-state index is 12.3. The first-order valence-electron chi connectivity index (χ1n) is 6.44. The maximum Gasteiger partial charge on any atom is 0.242 e. The highest BCUT2D eigenvalue weighted by atomic mass is 16.5. The third kappa shape index (κ3) is 2.95. The zero-order valence-electron chi connectivity index (χ0n) is 10.1. The summed E-state index contributed by atoms with van der Waals surface area (Å²) in [6.45, 7) is 5.13. The van der Waals surface area contributed by atoms with Crippen LogP contribution in [0.4, 0.5) is 0 Å². The summed E-state index contributed by atoms with van der Waals surface area (Å²) in [5.74, 6) is 0.246. The molecule has 0 bridgehead atoms. The van der Waals surface area contributed by atoms with Crippen molar-refractivity contribution in [3.05, 3.63) is 0 Å². The van der Waals surface area contributed by atoms with Gasteiger partial charge in [-0.3, -0.25) is 4.79 Å². The molecule has 1 aliphatic heterocycles. The number of hydrogen-bond donors (Lipinski definition) is 1. The van der Waals surface area contributed by atoms with Crippen molar-refractivity contribution < 1.29 is 9.53 Å². The summed E-state index contributed by atoms with van der Waals surface area (Å²) in [6.07, 6.45) is 4.62. The van der Waals surface area contributed by atoms with Crippen molar-refractivity contribution in [1.29, 1.82) is 0 Å². The Bertz CT molecular complexity index is 235. The highest BCUT2D eigenvalue weighted by molar-refractivity contribution is 5.82. The van der Waals surface area contributed by atoms with E-state index in [-0.39, 0.29) is 11.9 Å². The molecule has 1 aliphatic carbocycles. The highest BCUT2D eigenvalue weighted by Gasteiger charge is 2.35. The molecular formula is C12H22N2O2. The molecule has 1 unspecified atom stereocenters. The Balaban J connectivity index is 1.87. The molecule has 0 aromatic rings. The van der Waals surface area contributed by atoms with Crippen LogP contribution in [0.3, 0.4) is 0 Å². The number of unbranched alkanes of at least 4 members (excludes halogenated alkanes) is 1. The van der Waals surface area contributed by atoms with Crippen molar-refractivity contribution in [3.63, 3.8) is 0 Å². The van der Waals surface area contributed by atoms with Gasteiger partial charge in [-0.1, -0.05) is 13.3 Å². The maximum absolute atomic E-state index is 12.3. The van der Waals surface area contributed by atoms with Crippen LogP contribution in [-0.2, 0) is 9.53 Å². The number of carbonyl (C=O) groups excluding carboxylic acids is 1. The summed E-state index contributed by atoms with van der Waals surface area (Å²) in [4.78, 5) is 14.3. The number of nitrogens with zero attached hydrogens (tertiary/aromatic N) is 1. The second-order valence-corrected chi connectivity index (χ2v) is 4.70. The Morgan fingerprint density at radius 3 is 2.88 bits per heavy atom. The van der Waals surface area contributed by atoms with Crippen LogP contribution in [0.5, 0.6) is 0 Å². The van der Waals surface area contributed by atoms with Crippen LogP contribution in [-0.4, -0.2) is 49.2 Å². The first-order chi connectivity index (χ1) is 7.83. The van der Waals surface area contributed by atoms with Gasteiger partial charge in [0, 0.05) is 19.1 Å².